The van der Waals surface area contributed by atoms with Gasteiger partial charge in [-0.1, -0.05) is 42.5 Å². The zero-order valence-corrected chi connectivity index (χ0v) is 14.3. The van der Waals surface area contributed by atoms with Gasteiger partial charge in [0.15, 0.2) is 0 Å². The Morgan fingerprint density at radius 3 is 2.67 bits per heavy atom. The molecule has 1 amide bonds. The number of methoxy groups -OCH3 is 1. The molecule has 0 aliphatic carbocycles. The summed E-state index contributed by atoms with van der Waals surface area (Å²) >= 11 is 0. The smallest absolute Gasteiger partial charge is 0.224 e. The number of nitrogens with one attached hydrogen (secondary N) is 1. The van der Waals surface area contributed by atoms with Crippen LogP contribution in [0.4, 0.5) is 0 Å². The normalized spacial score (nSPS) is 11.8. The number of ether oxygens (including phenoxy) is 2. The predicted molar refractivity (Wildman–Crippen MR) is 95.1 cm³/mol. The molecule has 4 nitrogen and oxygen atoms in total. The second kappa shape index (κ2) is 9.73. The van der Waals surface area contributed by atoms with Crippen LogP contribution in [-0.2, 0) is 16.0 Å². The lowest BCUT2D eigenvalue weighted by Crippen LogP contribution is -2.26. The summed E-state index contributed by atoms with van der Waals surface area (Å²) in [4.78, 5) is 11.9. The summed E-state index contributed by atoms with van der Waals surface area (Å²) in [5, 5.41) is 2.92. The summed E-state index contributed by atoms with van der Waals surface area (Å²) in [6.45, 7) is 3.27. The molecular formula is C20H25NO3. The van der Waals surface area contributed by atoms with Crippen molar-refractivity contribution in [3.05, 3.63) is 65.7 Å². The van der Waals surface area contributed by atoms with Crippen LogP contribution in [0.25, 0.3) is 0 Å². The van der Waals surface area contributed by atoms with Crippen LogP contribution in [0.15, 0.2) is 54.6 Å². The van der Waals surface area contributed by atoms with Crippen LogP contribution in [0.2, 0.25) is 0 Å². The van der Waals surface area contributed by atoms with Crippen molar-refractivity contribution >= 4 is 5.91 Å². The Morgan fingerprint density at radius 2 is 1.92 bits per heavy atom. The van der Waals surface area contributed by atoms with E-state index in [0.29, 0.717) is 19.6 Å². The van der Waals surface area contributed by atoms with Gasteiger partial charge in [-0.15, -0.1) is 0 Å². The number of hydrogen-bond donors (Lipinski definition) is 1. The average Bonchev–Trinajstić information content (AvgIpc) is 2.62. The van der Waals surface area contributed by atoms with E-state index in [1.807, 2.05) is 49.4 Å². The summed E-state index contributed by atoms with van der Waals surface area (Å²) in [6.07, 6.45) is 1.22. The lowest BCUT2D eigenvalue weighted by atomic mass is 10.1. The van der Waals surface area contributed by atoms with E-state index < -0.39 is 0 Å². The van der Waals surface area contributed by atoms with Gasteiger partial charge >= 0.3 is 0 Å². The molecular weight excluding hydrogens is 302 g/mol. The molecule has 0 saturated heterocycles. The molecule has 1 N–H and O–H groups in total. The number of rotatable bonds is 9. The van der Waals surface area contributed by atoms with Crippen LogP contribution in [0.3, 0.4) is 0 Å². The molecule has 2 rings (SSSR count). The van der Waals surface area contributed by atoms with E-state index in [2.05, 4.69) is 17.4 Å². The second-order valence-electron chi connectivity index (χ2n) is 5.66. The topological polar surface area (TPSA) is 47.6 Å². The first-order valence-corrected chi connectivity index (χ1v) is 8.25. The first-order valence-electron chi connectivity index (χ1n) is 8.25. The summed E-state index contributed by atoms with van der Waals surface area (Å²) in [5.74, 6) is 0.781. The summed E-state index contributed by atoms with van der Waals surface area (Å²) in [6, 6.07) is 17.7. The van der Waals surface area contributed by atoms with Gasteiger partial charge in [-0.3, -0.25) is 4.79 Å². The molecule has 4 heteroatoms. The Morgan fingerprint density at radius 1 is 1.12 bits per heavy atom. The third-order valence-corrected chi connectivity index (χ3v) is 3.78. The first-order chi connectivity index (χ1) is 11.7. The number of amides is 1. The molecule has 0 radical (unpaired) electrons. The van der Waals surface area contributed by atoms with E-state index in [1.54, 1.807) is 7.11 Å². The minimum absolute atomic E-state index is 0.0133. The SMILES string of the molecule is COc1cccc(CC(=O)NCCCOC(C)c2ccccc2)c1. The maximum Gasteiger partial charge on any atom is 0.224 e. The monoisotopic (exact) mass is 327 g/mol. The summed E-state index contributed by atoms with van der Waals surface area (Å²) < 4.78 is 11.0. The maximum absolute atomic E-state index is 11.9. The minimum Gasteiger partial charge on any atom is -0.497 e. The Balaban J connectivity index is 1.62. The highest BCUT2D eigenvalue weighted by atomic mass is 16.5. The molecule has 0 aliphatic rings. The molecule has 1 atom stereocenters. The van der Waals surface area contributed by atoms with Gasteiger partial charge in [0.2, 0.25) is 5.91 Å². The molecule has 2 aromatic carbocycles. The van der Waals surface area contributed by atoms with Crippen LogP contribution >= 0.6 is 0 Å². The lowest BCUT2D eigenvalue weighted by Gasteiger charge is -2.13. The van der Waals surface area contributed by atoms with E-state index in [-0.39, 0.29) is 12.0 Å². The van der Waals surface area contributed by atoms with Gasteiger partial charge in [-0.2, -0.15) is 0 Å². The van der Waals surface area contributed by atoms with Gasteiger partial charge in [0.25, 0.3) is 0 Å². The van der Waals surface area contributed by atoms with Gasteiger partial charge < -0.3 is 14.8 Å². The molecule has 0 aromatic heterocycles. The van der Waals surface area contributed by atoms with Crippen molar-refractivity contribution in [3.63, 3.8) is 0 Å². The van der Waals surface area contributed by atoms with Crippen molar-refractivity contribution in [1.82, 2.24) is 5.32 Å². The highest BCUT2D eigenvalue weighted by molar-refractivity contribution is 5.78. The van der Waals surface area contributed by atoms with Crippen LogP contribution in [0, 0.1) is 0 Å². The number of carbonyl (C=O) groups is 1. The Bertz CT molecular complexity index is 628. The molecule has 1 unspecified atom stereocenters. The van der Waals surface area contributed by atoms with Crippen LogP contribution in [-0.4, -0.2) is 26.2 Å². The van der Waals surface area contributed by atoms with Crippen molar-refractivity contribution < 1.29 is 14.3 Å². The molecule has 24 heavy (non-hydrogen) atoms. The molecule has 0 bridgehead atoms. The van der Waals surface area contributed by atoms with Gasteiger partial charge in [0.1, 0.15) is 5.75 Å². The van der Waals surface area contributed by atoms with Gasteiger partial charge in [0, 0.05) is 13.2 Å². The van der Waals surface area contributed by atoms with Crippen molar-refractivity contribution in [2.45, 2.75) is 25.9 Å². The molecule has 0 heterocycles. The lowest BCUT2D eigenvalue weighted by molar-refractivity contribution is -0.120. The third-order valence-electron chi connectivity index (χ3n) is 3.78. The van der Waals surface area contributed by atoms with E-state index in [9.17, 15) is 4.79 Å². The molecule has 0 spiro atoms. The Labute approximate surface area is 143 Å². The fourth-order valence-corrected chi connectivity index (χ4v) is 2.41. The van der Waals surface area contributed by atoms with Crippen molar-refractivity contribution in [2.75, 3.05) is 20.3 Å². The van der Waals surface area contributed by atoms with Crippen LogP contribution in [0.5, 0.6) is 5.75 Å². The zero-order valence-electron chi connectivity index (χ0n) is 14.3. The fraction of sp³-hybridized carbons (Fsp3) is 0.350. The maximum atomic E-state index is 11.9. The number of hydrogen-bond acceptors (Lipinski definition) is 3. The van der Waals surface area contributed by atoms with Crippen molar-refractivity contribution in [3.8, 4) is 5.75 Å². The summed E-state index contributed by atoms with van der Waals surface area (Å²) in [7, 11) is 1.62. The highest BCUT2D eigenvalue weighted by Crippen LogP contribution is 2.16. The molecule has 0 aliphatic heterocycles. The Hall–Kier alpha value is -2.33. The molecule has 128 valence electrons. The largest absolute Gasteiger partial charge is 0.497 e. The van der Waals surface area contributed by atoms with E-state index in [0.717, 1.165) is 17.7 Å². The molecule has 0 fully saturated rings. The van der Waals surface area contributed by atoms with Gasteiger partial charge in [0.05, 0.1) is 19.6 Å². The molecule has 2 aromatic rings. The Kier molecular flexibility index (Phi) is 7.30. The minimum atomic E-state index is 0.0133. The second-order valence-corrected chi connectivity index (χ2v) is 5.66. The highest BCUT2D eigenvalue weighted by Gasteiger charge is 2.06. The van der Waals surface area contributed by atoms with Crippen molar-refractivity contribution in [1.29, 1.82) is 0 Å². The van der Waals surface area contributed by atoms with Gasteiger partial charge in [-0.25, -0.2) is 0 Å². The average molecular weight is 327 g/mol. The van der Waals surface area contributed by atoms with E-state index in [1.165, 1.54) is 5.56 Å². The summed E-state index contributed by atoms with van der Waals surface area (Å²) in [5.41, 5.74) is 2.11. The third kappa shape index (κ3) is 6.05. The standard InChI is InChI=1S/C20H25NO3/c1-16(18-9-4-3-5-10-18)24-13-7-12-21-20(22)15-17-8-6-11-19(14-17)23-2/h3-6,8-11,14,16H,7,12-13,15H2,1-2H3,(H,21,22). The van der Waals surface area contributed by atoms with E-state index in [4.69, 9.17) is 9.47 Å². The fourth-order valence-electron chi connectivity index (χ4n) is 2.41. The number of carbonyl (C=O) groups excluding carboxylic acids is 1. The first kappa shape index (κ1) is 18.0. The molecule has 0 saturated carbocycles. The quantitative estimate of drug-likeness (QED) is 0.717. The van der Waals surface area contributed by atoms with Gasteiger partial charge in [-0.05, 0) is 36.6 Å². The zero-order chi connectivity index (χ0) is 17.2. The predicted octanol–water partition coefficient (Wildman–Crippen LogP) is 3.52. The van der Waals surface area contributed by atoms with Crippen LogP contribution < -0.4 is 10.1 Å². The van der Waals surface area contributed by atoms with E-state index >= 15 is 0 Å². The van der Waals surface area contributed by atoms with Crippen molar-refractivity contribution in [2.24, 2.45) is 0 Å². The number of benzene rings is 2. The van der Waals surface area contributed by atoms with Crippen LogP contribution in [0.1, 0.15) is 30.6 Å².